The third-order valence-corrected chi connectivity index (χ3v) is 1.84. The molecular formula is C12H12O6. The highest BCUT2D eigenvalue weighted by atomic mass is 16.7. The van der Waals surface area contributed by atoms with Crippen molar-refractivity contribution in [1.82, 2.24) is 0 Å². The lowest BCUT2D eigenvalue weighted by molar-refractivity contribution is -0.174. The molecule has 1 N–H and O–H groups in total. The molecule has 6 nitrogen and oxygen atoms in total. The van der Waals surface area contributed by atoms with E-state index in [1.807, 2.05) is 0 Å². The minimum Gasteiger partial charge on any atom is -0.464 e. The summed E-state index contributed by atoms with van der Waals surface area (Å²) in [5, 5.41) is 9.28. The molecule has 0 aliphatic carbocycles. The van der Waals surface area contributed by atoms with Crippen LogP contribution >= 0.6 is 0 Å². The number of aliphatic hydroxyl groups excluding tert-OH is 1. The Morgan fingerprint density at radius 2 is 2.28 bits per heavy atom. The maximum Gasteiger partial charge on any atom is 0.343 e. The largest absolute Gasteiger partial charge is 0.464 e. The summed E-state index contributed by atoms with van der Waals surface area (Å²) in [6, 6.07) is 3.10. The maximum atomic E-state index is 11.5. The first-order valence-corrected chi connectivity index (χ1v) is 4.95. The van der Waals surface area contributed by atoms with Gasteiger partial charge in [0.25, 0.3) is 0 Å². The van der Waals surface area contributed by atoms with E-state index in [1.54, 1.807) is 6.07 Å². The van der Waals surface area contributed by atoms with Crippen molar-refractivity contribution < 1.29 is 28.6 Å². The second-order valence-electron chi connectivity index (χ2n) is 3.15. The van der Waals surface area contributed by atoms with Gasteiger partial charge in [0.05, 0.1) is 11.8 Å². The van der Waals surface area contributed by atoms with Crippen LogP contribution in [0.2, 0.25) is 0 Å². The Hall–Kier alpha value is -2.34. The zero-order valence-corrected chi connectivity index (χ0v) is 9.50. The van der Waals surface area contributed by atoms with Crippen molar-refractivity contribution in [2.75, 3.05) is 6.61 Å². The standard InChI is InChI=1S/C12H12O6/c1-3-10(13)17-7-11(14)18-12(15)8(2)9-5-4-6-16-9/h3-6,11,14H,1-2,7H2. The van der Waals surface area contributed by atoms with Gasteiger partial charge in [-0.3, -0.25) is 0 Å². The first kappa shape index (κ1) is 13.7. The van der Waals surface area contributed by atoms with Gasteiger partial charge in [0.1, 0.15) is 5.76 Å². The summed E-state index contributed by atoms with van der Waals surface area (Å²) in [5.74, 6) is -1.36. The molecule has 0 bridgehead atoms. The van der Waals surface area contributed by atoms with Gasteiger partial charge >= 0.3 is 11.9 Å². The SMILES string of the molecule is C=CC(=O)OCC(O)OC(=O)C(=C)c1ccco1. The molecule has 0 amide bonds. The van der Waals surface area contributed by atoms with Crippen molar-refractivity contribution in [2.24, 2.45) is 0 Å². The second-order valence-corrected chi connectivity index (χ2v) is 3.15. The quantitative estimate of drug-likeness (QED) is 0.459. The predicted molar refractivity (Wildman–Crippen MR) is 61.0 cm³/mol. The van der Waals surface area contributed by atoms with E-state index in [9.17, 15) is 14.7 Å². The fraction of sp³-hybridized carbons (Fsp3) is 0.167. The van der Waals surface area contributed by atoms with Crippen LogP contribution in [0.4, 0.5) is 0 Å². The molecule has 1 heterocycles. The van der Waals surface area contributed by atoms with Crippen LogP contribution in [0.1, 0.15) is 5.76 Å². The summed E-state index contributed by atoms with van der Waals surface area (Å²) in [6.07, 6.45) is 0.722. The lowest BCUT2D eigenvalue weighted by Crippen LogP contribution is -2.24. The molecular weight excluding hydrogens is 240 g/mol. The monoisotopic (exact) mass is 252 g/mol. The molecule has 18 heavy (non-hydrogen) atoms. The molecule has 1 atom stereocenters. The number of hydrogen-bond acceptors (Lipinski definition) is 6. The van der Waals surface area contributed by atoms with Gasteiger partial charge in [-0.1, -0.05) is 13.2 Å². The van der Waals surface area contributed by atoms with Crippen LogP contribution in [0, 0.1) is 0 Å². The van der Waals surface area contributed by atoms with E-state index in [0.29, 0.717) is 0 Å². The molecule has 1 unspecified atom stereocenters. The Labute approximate surface area is 103 Å². The van der Waals surface area contributed by atoms with E-state index in [4.69, 9.17) is 4.42 Å². The van der Waals surface area contributed by atoms with Crippen molar-refractivity contribution >= 4 is 17.5 Å². The van der Waals surface area contributed by atoms with Crippen LogP contribution < -0.4 is 0 Å². The van der Waals surface area contributed by atoms with Gasteiger partial charge in [0.2, 0.25) is 6.29 Å². The summed E-state index contributed by atoms with van der Waals surface area (Å²) in [7, 11) is 0. The van der Waals surface area contributed by atoms with Gasteiger partial charge in [-0.25, -0.2) is 9.59 Å². The topological polar surface area (TPSA) is 86.0 Å². The Kier molecular flexibility index (Phi) is 4.89. The zero-order valence-electron chi connectivity index (χ0n) is 9.50. The fourth-order valence-corrected chi connectivity index (χ4v) is 0.992. The Morgan fingerprint density at radius 1 is 1.56 bits per heavy atom. The highest BCUT2D eigenvalue weighted by Gasteiger charge is 2.18. The van der Waals surface area contributed by atoms with Crippen molar-refractivity contribution in [3.05, 3.63) is 43.4 Å². The Bertz CT molecular complexity index is 445. The number of carbonyl (C=O) groups is 2. The smallest absolute Gasteiger partial charge is 0.343 e. The Balaban J connectivity index is 2.42. The minimum absolute atomic E-state index is 0.0471. The van der Waals surface area contributed by atoms with E-state index in [2.05, 4.69) is 22.6 Å². The summed E-state index contributed by atoms with van der Waals surface area (Å²) < 4.78 is 14.0. The molecule has 0 saturated heterocycles. The van der Waals surface area contributed by atoms with Gasteiger partial charge in [0, 0.05) is 6.08 Å². The predicted octanol–water partition coefficient (Wildman–Crippen LogP) is 0.884. The third kappa shape index (κ3) is 3.91. The molecule has 0 spiro atoms. The van der Waals surface area contributed by atoms with Crippen molar-refractivity contribution in [3.63, 3.8) is 0 Å². The first-order chi connectivity index (χ1) is 8.54. The van der Waals surface area contributed by atoms with E-state index >= 15 is 0 Å². The average molecular weight is 252 g/mol. The first-order valence-electron chi connectivity index (χ1n) is 4.95. The third-order valence-electron chi connectivity index (χ3n) is 1.84. The zero-order chi connectivity index (χ0) is 13.5. The van der Waals surface area contributed by atoms with Gasteiger partial charge in [0.15, 0.2) is 6.61 Å². The Morgan fingerprint density at radius 3 is 2.83 bits per heavy atom. The van der Waals surface area contributed by atoms with Crippen LogP contribution in [0.5, 0.6) is 0 Å². The van der Waals surface area contributed by atoms with Crippen LogP contribution in [-0.2, 0) is 19.1 Å². The molecule has 0 aliphatic rings. The number of esters is 2. The number of rotatable bonds is 6. The van der Waals surface area contributed by atoms with Crippen LogP contribution in [0.3, 0.4) is 0 Å². The summed E-state index contributed by atoms with van der Waals surface area (Å²) in [4.78, 5) is 22.2. The van der Waals surface area contributed by atoms with E-state index in [1.165, 1.54) is 12.3 Å². The number of furan rings is 1. The molecule has 0 radical (unpaired) electrons. The van der Waals surface area contributed by atoms with E-state index in [0.717, 1.165) is 6.08 Å². The molecule has 1 aromatic heterocycles. The molecule has 0 aliphatic heterocycles. The molecule has 96 valence electrons. The molecule has 6 heteroatoms. The van der Waals surface area contributed by atoms with Gasteiger partial charge in [-0.2, -0.15) is 0 Å². The fourth-order valence-electron chi connectivity index (χ4n) is 0.992. The van der Waals surface area contributed by atoms with Gasteiger partial charge in [-0.05, 0) is 12.1 Å². The molecule has 0 saturated carbocycles. The second kappa shape index (κ2) is 6.41. The molecule has 0 fully saturated rings. The summed E-state index contributed by atoms with van der Waals surface area (Å²) in [6.45, 7) is 6.15. The number of ether oxygens (including phenoxy) is 2. The number of hydrogen-bond donors (Lipinski definition) is 1. The average Bonchev–Trinajstić information content (AvgIpc) is 2.88. The summed E-state index contributed by atoms with van der Waals surface area (Å²) in [5.41, 5.74) is -0.0471. The molecule has 0 aromatic carbocycles. The lowest BCUT2D eigenvalue weighted by Gasteiger charge is -2.11. The molecule has 1 rings (SSSR count). The highest BCUT2D eigenvalue weighted by molar-refractivity contribution is 6.14. The van der Waals surface area contributed by atoms with Crippen LogP contribution in [0.15, 0.2) is 42.0 Å². The highest BCUT2D eigenvalue weighted by Crippen LogP contribution is 2.14. The maximum absolute atomic E-state index is 11.5. The van der Waals surface area contributed by atoms with E-state index < -0.39 is 24.8 Å². The van der Waals surface area contributed by atoms with Gasteiger partial charge < -0.3 is 19.0 Å². The van der Waals surface area contributed by atoms with Crippen LogP contribution in [0.25, 0.3) is 5.57 Å². The number of aliphatic hydroxyl groups is 1. The number of carbonyl (C=O) groups excluding carboxylic acids is 2. The lowest BCUT2D eigenvalue weighted by atomic mass is 10.2. The van der Waals surface area contributed by atoms with Crippen molar-refractivity contribution in [2.45, 2.75) is 6.29 Å². The normalized spacial score (nSPS) is 11.4. The molecule has 1 aromatic rings. The summed E-state index contributed by atoms with van der Waals surface area (Å²) >= 11 is 0. The minimum atomic E-state index is -1.58. The van der Waals surface area contributed by atoms with Gasteiger partial charge in [-0.15, -0.1) is 0 Å². The van der Waals surface area contributed by atoms with Crippen molar-refractivity contribution in [3.8, 4) is 0 Å². The van der Waals surface area contributed by atoms with Crippen LogP contribution in [-0.4, -0.2) is 29.9 Å². The van der Waals surface area contributed by atoms with Crippen molar-refractivity contribution in [1.29, 1.82) is 0 Å². The van der Waals surface area contributed by atoms with E-state index in [-0.39, 0.29) is 11.3 Å².